The van der Waals surface area contributed by atoms with Crippen LogP contribution in [-0.2, 0) is 0 Å². The molecule has 0 bridgehead atoms. The minimum Gasteiger partial charge on any atom is -0.493 e. The Balaban J connectivity index is 2.19. The molecule has 1 aromatic carbocycles. The quantitative estimate of drug-likeness (QED) is 0.544. The summed E-state index contributed by atoms with van der Waals surface area (Å²) in [7, 11) is 0. The monoisotopic (exact) mass is 291 g/mol. The second kappa shape index (κ2) is 10.7. The van der Waals surface area contributed by atoms with Crippen molar-refractivity contribution in [1.82, 2.24) is 0 Å². The van der Waals surface area contributed by atoms with Gasteiger partial charge in [-0.15, -0.1) is 0 Å². The van der Waals surface area contributed by atoms with Crippen molar-refractivity contribution in [3.05, 3.63) is 29.3 Å². The van der Waals surface area contributed by atoms with Crippen LogP contribution in [0.25, 0.3) is 0 Å². The van der Waals surface area contributed by atoms with Crippen LogP contribution in [0.2, 0.25) is 0 Å². The van der Waals surface area contributed by atoms with Crippen LogP contribution in [0.5, 0.6) is 5.75 Å². The van der Waals surface area contributed by atoms with E-state index in [4.69, 9.17) is 10.5 Å². The molecular weight excluding hydrogens is 258 g/mol. The van der Waals surface area contributed by atoms with Gasteiger partial charge in [0.05, 0.1) is 6.61 Å². The fourth-order valence-corrected chi connectivity index (χ4v) is 2.56. The van der Waals surface area contributed by atoms with E-state index in [0.717, 1.165) is 24.3 Å². The van der Waals surface area contributed by atoms with E-state index in [1.807, 2.05) is 6.92 Å². The average molecular weight is 291 g/mol. The molecule has 120 valence electrons. The summed E-state index contributed by atoms with van der Waals surface area (Å²) in [6.45, 7) is 7.17. The molecule has 1 rings (SSSR count). The van der Waals surface area contributed by atoms with Gasteiger partial charge in [0.15, 0.2) is 0 Å². The first-order valence-electron chi connectivity index (χ1n) is 8.64. The van der Waals surface area contributed by atoms with Gasteiger partial charge in [0.2, 0.25) is 0 Å². The topological polar surface area (TPSA) is 35.2 Å². The van der Waals surface area contributed by atoms with E-state index < -0.39 is 0 Å². The van der Waals surface area contributed by atoms with Gasteiger partial charge in [0, 0.05) is 11.6 Å². The Morgan fingerprint density at radius 2 is 1.62 bits per heavy atom. The van der Waals surface area contributed by atoms with Gasteiger partial charge in [-0.25, -0.2) is 0 Å². The lowest BCUT2D eigenvalue weighted by Crippen LogP contribution is -2.09. The van der Waals surface area contributed by atoms with Crippen molar-refractivity contribution >= 4 is 0 Å². The van der Waals surface area contributed by atoms with Crippen LogP contribution < -0.4 is 10.5 Å². The second-order valence-electron chi connectivity index (χ2n) is 6.15. The number of ether oxygens (including phenoxy) is 1. The highest BCUT2D eigenvalue weighted by Crippen LogP contribution is 2.25. The van der Waals surface area contributed by atoms with Crippen molar-refractivity contribution in [2.45, 2.75) is 78.2 Å². The van der Waals surface area contributed by atoms with E-state index in [2.05, 4.69) is 32.0 Å². The molecule has 0 aliphatic carbocycles. The number of hydrogen-bond acceptors (Lipinski definition) is 2. The maximum atomic E-state index is 5.99. The highest BCUT2D eigenvalue weighted by Gasteiger charge is 2.08. The smallest absolute Gasteiger partial charge is 0.124 e. The molecule has 0 aliphatic rings. The van der Waals surface area contributed by atoms with Crippen LogP contribution in [0.15, 0.2) is 18.2 Å². The van der Waals surface area contributed by atoms with Crippen LogP contribution >= 0.6 is 0 Å². The number of aryl methyl sites for hydroxylation is 1. The molecule has 0 saturated carbocycles. The molecule has 0 aliphatic heterocycles. The van der Waals surface area contributed by atoms with Crippen LogP contribution in [-0.4, -0.2) is 6.61 Å². The molecule has 0 amide bonds. The maximum Gasteiger partial charge on any atom is 0.124 e. The standard InChI is InChI=1S/C19H33NO/c1-4-5-6-7-8-9-10-11-14-21-19-15-16(2)12-13-18(19)17(3)20/h12-13,15,17H,4-11,14,20H2,1-3H3/t17-/m1/s1. The molecule has 0 spiro atoms. The van der Waals surface area contributed by atoms with Gasteiger partial charge >= 0.3 is 0 Å². The first-order valence-corrected chi connectivity index (χ1v) is 8.64. The number of rotatable bonds is 11. The van der Waals surface area contributed by atoms with E-state index >= 15 is 0 Å². The second-order valence-corrected chi connectivity index (χ2v) is 6.15. The van der Waals surface area contributed by atoms with Gasteiger partial charge in [0.1, 0.15) is 5.75 Å². The zero-order valence-corrected chi connectivity index (χ0v) is 14.2. The first kappa shape index (κ1) is 18.0. The molecule has 0 fully saturated rings. The van der Waals surface area contributed by atoms with Crippen molar-refractivity contribution in [2.75, 3.05) is 6.61 Å². The molecule has 2 nitrogen and oxygen atoms in total. The van der Waals surface area contributed by atoms with Gasteiger partial charge in [-0.1, -0.05) is 64.0 Å². The molecule has 1 atom stereocenters. The van der Waals surface area contributed by atoms with E-state index in [1.54, 1.807) is 0 Å². The third-order valence-corrected chi connectivity index (χ3v) is 3.92. The van der Waals surface area contributed by atoms with Crippen LogP contribution in [0.1, 0.15) is 82.4 Å². The molecule has 0 radical (unpaired) electrons. The fraction of sp³-hybridized carbons (Fsp3) is 0.684. The highest BCUT2D eigenvalue weighted by atomic mass is 16.5. The Labute approximate surface area is 131 Å². The highest BCUT2D eigenvalue weighted by molar-refractivity contribution is 5.38. The molecule has 21 heavy (non-hydrogen) atoms. The number of nitrogens with two attached hydrogens (primary N) is 1. The largest absolute Gasteiger partial charge is 0.493 e. The number of benzene rings is 1. The van der Waals surface area contributed by atoms with Crippen molar-refractivity contribution in [3.8, 4) is 5.75 Å². The van der Waals surface area contributed by atoms with Crippen molar-refractivity contribution < 1.29 is 4.74 Å². The Morgan fingerprint density at radius 1 is 1.00 bits per heavy atom. The summed E-state index contributed by atoms with van der Waals surface area (Å²) in [4.78, 5) is 0. The zero-order valence-electron chi connectivity index (χ0n) is 14.2. The zero-order chi connectivity index (χ0) is 15.5. The SMILES string of the molecule is CCCCCCCCCCOc1cc(C)ccc1[C@@H](C)N. The van der Waals surface area contributed by atoms with Crippen molar-refractivity contribution in [2.24, 2.45) is 5.73 Å². The van der Waals surface area contributed by atoms with Gasteiger partial charge in [-0.3, -0.25) is 0 Å². The summed E-state index contributed by atoms with van der Waals surface area (Å²) >= 11 is 0. The fourth-order valence-electron chi connectivity index (χ4n) is 2.56. The van der Waals surface area contributed by atoms with Gasteiger partial charge in [-0.2, -0.15) is 0 Å². The average Bonchev–Trinajstić information content (AvgIpc) is 2.45. The third-order valence-electron chi connectivity index (χ3n) is 3.92. The minimum absolute atomic E-state index is 0.0270. The van der Waals surface area contributed by atoms with Gasteiger partial charge in [-0.05, 0) is 31.9 Å². The molecule has 0 unspecified atom stereocenters. The van der Waals surface area contributed by atoms with E-state index in [0.29, 0.717) is 0 Å². The summed E-state index contributed by atoms with van der Waals surface area (Å²) < 4.78 is 5.94. The van der Waals surface area contributed by atoms with Crippen LogP contribution in [0, 0.1) is 6.92 Å². The molecule has 2 heteroatoms. The normalized spacial score (nSPS) is 12.4. The lowest BCUT2D eigenvalue weighted by molar-refractivity contribution is 0.300. The first-order chi connectivity index (χ1) is 10.1. The molecule has 0 saturated heterocycles. The summed E-state index contributed by atoms with van der Waals surface area (Å²) in [5.74, 6) is 0.966. The number of hydrogen-bond donors (Lipinski definition) is 1. The van der Waals surface area contributed by atoms with Crippen LogP contribution in [0.4, 0.5) is 0 Å². The molecule has 0 heterocycles. The summed E-state index contributed by atoms with van der Waals surface area (Å²) in [6.07, 6.45) is 10.6. The maximum absolute atomic E-state index is 5.99. The van der Waals surface area contributed by atoms with E-state index in [1.165, 1.54) is 50.5 Å². The van der Waals surface area contributed by atoms with E-state index in [9.17, 15) is 0 Å². The summed E-state index contributed by atoms with van der Waals surface area (Å²) in [6, 6.07) is 6.31. The molecule has 1 aromatic rings. The third kappa shape index (κ3) is 7.52. The molecule has 2 N–H and O–H groups in total. The van der Waals surface area contributed by atoms with E-state index in [-0.39, 0.29) is 6.04 Å². The van der Waals surface area contributed by atoms with Crippen molar-refractivity contribution in [1.29, 1.82) is 0 Å². The Kier molecular flexibility index (Phi) is 9.16. The predicted octanol–water partition coefficient (Wildman–Crippen LogP) is 5.53. The summed E-state index contributed by atoms with van der Waals surface area (Å²) in [5, 5.41) is 0. The predicted molar refractivity (Wildman–Crippen MR) is 91.9 cm³/mol. The van der Waals surface area contributed by atoms with Crippen LogP contribution in [0.3, 0.4) is 0 Å². The summed E-state index contributed by atoms with van der Waals surface area (Å²) in [5.41, 5.74) is 8.33. The lowest BCUT2D eigenvalue weighted by Gasteiger charge is -2.14. The Morgan fingerprint density at radius 3 is 2.24 bits per heavy atom. The molecule has 0 aromatic heterocycles. The lowest BCUT2D eigenvalue weighted by atomic mass is 10.1. The number of unbranched alkanes of at least 4 members (excludes halogenated alkanes) is 7. The molecular formula is C19H33NO. The van der Waals surface area contributed by atoms with Crippen molar-refractivity contribution in [3.63, 3.8) is 0 Å². The van der Waals surface area contributed by atoms with Gasteiger partial charge < -0.3 is 10.5 Å². The minimum atomic E-state index is 0.0270. The Hall–Kier alpha value is -1.02. The Bertz CT molecular complexity index is 387. The van der Waals surface area contributed by atoms with Gasteiger partial charge in [0.25, 0.3) is 0 Å².